The fourth-order valence-corrected chi connectivity index (χ4v) is 1.98. The molecule has 0 fully saturated rings. The zero-order valence-electron chi connectivity index (χ0n) is 16.1. The standard InChI is InChI=1S/C21H36N4O/c1-2-3-4-5-6-7-8-9-10-11-12-13-14-15-16-17-18-19-20(26)24-25-21(22)23/h3-4,6-7,9-10,12-13,15-16,21,25H,2,5,8,11,14,17-19,22-23H2,1H3,(H,24,26)/b4-3-,7-6-,10-9-,13-12-,16-15-. The van der Waals surface area contributed by atoms with E-state index in [-0.39, 0.29) is 5.91 Å². The van der Waals surface area contributed by atoms with Gasteiger partial charge in [0.05, 0.1) is 0 Å². The Labute approximate surface area is 159 Å². The van der Waals surface area contributed by atoms with E-state index in [9.17, 15) is 4.79 Å². The molecule has 0 saturated carbocycles. The third-order valence-electron chi connectivity index (χ3n) is 3.31. The van der Waals surface area contributed by atoms with Crippen LogP contribution in [-0.4, -0.2) is 12.2 Å². The molecule has 5 nitrogen and oxygen atoms in total. The molecule has 0 atom stereocenters. The molecule has 0 radical (unpaired) electrons. The molecule has 0 aromatic rings. The van der Waals surface area contributed by atoms with E-state index in [1.54, 1.807) is 0 Å². The molecule has 1 amide bonds. The first-order valence-corrected chi connectivity index (χ1v) is 9.47. The van der Waals surface area contributed by atoms with Gasteiger partial charge in [-0.25, -0.2) is 5.43 Å². The highest BCUT2D eigenvalue weighted by atomic mass is 16.2. The Hall–Kier alpha value is -1.95. The van der Waals surface area contributed by atoms with Crippen molar-refractivity contribution in [3.8, 4) is 0 Å². The number of amides is 1. The first-order valence-electron chi connectivity index (χ1n) is 9.47. The van der Waals surface area contributed by atoms with Crippen LogP contribution in [-0.2, 0) is 4.79 Å². The minimum absolute atomic E-state index is 0.0988. The molecule has 5 heteroatoms. The van der Waals surface area contributed by atoms with Gasteiger partial charge < -0.3 is 11.5 Å². The molecule has 0 aliphatic heterocycles. The van der Waals surface area contributed by atoms with E-state index in [1.165, 1.54) is 0 Å². The van der Waals surface area contributed by atoms with E-state index in [0.717, 1.165) is 44.9 Å². The molecular formula is C21H36N4O. The van der Waals surface area contributed by atoms with E-state index in [0.29, 0.717) is 6.42 Å². The number of allylic oxidation sites excluding steroid dienone is 10. The zero-order valence-corrected chi connectivity index (χ0v) is 16.1. The Morgan fingerprint density at radius 1 is 0.808 bits per heavy atom. The maximum absolute atomic E-state index is 11.4. The Balaban J connectivity index is 3.51. The van der Waals surface area contributed by atoms with Crippen LogP contribution in [0.15, 0.2) is 60.8 Å². The molecule has 0 unspecified atom stereocenters. The molecule has 0 rings (SSSR count). The van der Waals surface area contributed by atoms with E-state index in [2.05, 4.69) is 78.5 Å². The van der Waals surface area contributed by atoms with Crippen molar-refractivity contribution in [2.24, 2.45) is 11.5 Å². The molecule has 0 saturated heterocycles. The summed E-state index contributed by atoms with van der Waals surface area (Å²) in [5.41, 5.74) is 15.4. The Morgan fingerprint density at radius 2 is 1.27 bits per heavy atom. The highest BCUT2D eigenvalue weighted by Crippen LogP contribution is 1.99. The third-order valence-corrected chi connectivity index (χ3v) is 3.31. The lowest BCUT2D eigenvalue weighted by Crippen LogP contribution is -2.53. The summed E-state index contributed by atoms with van der Waals surface area (Å²) in [5, 5.41) is 0. The van der Waals surface area contributed by atoms with Crippen molar-refractivity contribution in [1.29, 1.82) is 0 Å². The van der Waals surface area contributed by atoms with E-state index in [1.807, 2.05) is 0 Å². The smallest absolute Gasteiger partial charge is 0.234 e. The Bertz CT molecular complexity index is 476. The average Bonchev–Trinajstić information content (AvgIpc) is 2.62. The summed E-state index contributed by atoms with van der Waals surface area (Å²) >= 11 is 0. The molecule has 0 aliphatic carbocycles. The summed E-state index contributed by atoms with van der Waals surface area (Å²) in [5.74, 6) is -0.0988. The van der Waals surface area contributed by atoms with Crippen LogP contribution >= 0.6 is 0 Å². The highest BCUT2D eigenvalue weighted by Gasteiger charge is 1.99. The summed E-state index contributed by atoms with van der Waals surface area (Å²) in [7, 11) is 0. The van der Waals surface area contributed by atoms with Crippen molar-refractivity contribution in [2.75, 3.05) is 0 Å². The van der Waals surface area contributed by atoms with Crippen LogP contribution in [0.25, 0.3) is 0 Å². The van der Waals surface area contributed by atoms with Gasteiger partial charge in [-0.05, 0) is 44.9 Å². The van der Waals surface area contributed by atoms with Crippen molar-refractivity contribution >= 4 is 5.91 Å². The number of hydrogen-bond acceptors (Lipinski definition) is 4. The lowest BCUT2D eigenvalue weighted by molar-refractivity contribution is -0.122. The second-order valence-electron chi connectivity index (χ2n) is 5.82. The summed E-state index contributed by atoms with van der Waals surface area (Å²) < 4.78 is 0. The monoisotopic (exact) mass is 360 g/mol. The number of hydrogen-bond donors (Lipinski definition) is 4. The summed E-state index contributed by atoms with van der Waals surface area (Å²) in [6, 6.07) is 0. The first kappa shape index (κ1) is 24.1. The molecule has 0 bridgehead atoms. The van der Waals surface area contributed by atoms with Gasteiger partial charge in [0.2, 0.25) is 5.91 Å². The highest BCUT2D eigenvalue weighted by molar-refractivity contribution is 5.75. The van der Waals surface area contributed by atoms with Gasteiger partial charge in [0.15, 0.2) is 0 Å². The zero-order chi connectivity index (χ0) is 19.3. The number of nitrogens with one attached hydrogen (secondary N) is 2. The lowest BCUT2D eigenvalue weighted by Gasteiger charge is -2.09. The van der Waals surface area contributed by atoms with Crippen molar-refractivity contribution in [3.63, 3.8) is 0 Å². The maximum atomic E-state index is 11.4. The molecule has 26 heavy (non-hydrogen) atoms. The quantitative estimate of drug-likeness (QED) is 0.155. The van der Waals surface area contributed by atoms with Gasteiger partial charge in [0.25, 0.3) is 0 Å². The van der Waals surface area contributed by atoms with Crippen LogP contribution in [0.2, 0.25) is 0 Å². The average molecular weight is 361 g/mol. The second-order valence-corrected chi connectivity index (χ2v) is 5.82. The van der Waals surface area contributed by atoms with Gasteiger partial charge >= 0.3 is 0 Å². The lowest BCUT2D eigenvalue weighted by atomic mass is 10.2. The molecule has 146 valence electrons. The van der Waals surface area contributed by atoms with Crippen LogP contribution in [0.1, 0.15) is 58.3 Å². The van der Waals surface area contributed by atoms with Gasteiger partial charge in [0.1, 0.15) is 6.29 Å². The molecule has 0 spiro atoms. The number of carbonyl (C=O) groups excluding carboxylic acids is 1. The van der Waals surface area contributed by atoms with Crippen LogP contribution in [0.5, 0.6) is 0 Å². The van der Waals surface area contributed by atoms with Crippen molar-refractivity contribution in [3.05, 3.63) is 60.8 Å². The summed E-state index contributed by atoms with van der Waals surface area (Å²) in [6.45, 7) is 2.15. The number of hydrazine groups is 1. The normalized spacial score (nSPS) is 12.8. The van der Waals surface area contributed by atoms with Crippen LogP contribution in [0.4, 0.5) is 0 Å². The predicted octanol–water partition coefficient (Wildman–Crippen LogP) is 3.73. The fourth-order valence-electron chi connectivity index (χ4n) is 1.98. The van der Waals surface area contributed by atoms with E-state index in [4.69, 9.17) is 11.5 Å². The van der Waals surface area contributed by atoms with Gasteiger partial charge in [-0.3, -0.25) is 10.2 Å². The van der Waals surface area contributed by atoms with E-state index < -0.39 is 6.29 Å². The summed E-state index contributed by atoms with van der Waals surface area (Å²) in [4.78, 5) is 11.4. The molecule has 0 heterocycles. The van der Waals surface area contributed by atoms with Crippen molar-refractivity contribution in [2.45, 2.75) is 64.6 Å². The third kappa shape index (κ3) is 20.1. The number of nitrogens with two attached hydrogens (primary N) is 2. The number of rotatable bonds is 15. The molecular weight excluding hydrogens is 324 g/mol. The maximum Gasteiger partial charge on any atom is 0.234 e. The molecule has 0 aromatic carbocycles. The van der Waals surface area contributed by atoms with Gasteiger partial charge in [-0.1, -0.05) is 67.7 Å². The minimum atomic E-state index is -0.732. The first-order chi connectivity index (χ1) is 12.7. The molecule has 0 aliphatic rings. The van der Waals surface area contributed by atoms with Crippen molar-refractivity contribution < 1.29 is 4.79 Å². The Kier molecular flexibility index (Phi) is 17.9. The topological polar surface area (TPSA) is 93.2 Å². The number of carbonyl (C=O) groups is 1. The summed E-state index contributed by atoms with van der Waals surface area (Å²) in [6.07, 6.45) is 28.1. The minimum Gasteiger partial charge on any atom is -0.302 e. The molecule has 6 N–H and O–H groups in total. The second kappa shape index (κ2) is 19.4. The Morgan fingerprint density at radius 3 is 1.73 bits per heavy atom. The van der Waals surface area contributed by atoms with Crippen LogP contribution in [0, 0.1) is 0 Å². The molecule has 0 aromatic heterocycles. The van der Waals surface area contributed by atoms with Crippen LogP contribution < -0.4 is 22.3 Å². The van der Waals surface area contributed by atoms with Crippen molar-refractivity contribution in [1.82, 2.24) is 10.9 Å². The van der Waals surface area contributed by atoms with Gasteiger partial charge in [-0.15, -0.1) is 0 Å². The SMILES string of the molecule is CC/C=C\C/C=C\C/C=C\C/C=C\C/C=C\CCCC(=O)NNC(N)N. The predicted molar refractivity (Wildman–Crippen MR) is 112 cm³/mol. The number of unbranched alkanes of at least 4 members (excludes halogenated alkanes) is 1. The van der Waals surface area contributed by atoms with E-state index >= 15 is 0 Å². The van der Waals surface area contributed by atoms with Gasteiger partial charge in [-0.2, -0.15) is 0 Å². The van der Waals surface area contributed by atoms with Crippen LogP contribution in [0.3, 0.4) is 0 Å². The fraction of sp³-hybridized carbons (Fsp3) is 0.476. The largest absolute Gasteiger partial charge is 0.302 e. The van der Waals surface area contributed by atoms with Gasteiger partial charge in [0, 0.05) is 6.42 Å².